The summed E-state index contributed by atoms with van der Waals surface area (Å²) in [6.45, 7) is 1.28. The lowest BCUT2D eigenvalue weighted by atomic mass is 9.94. The van der Waals surface area contributed by atoms with Crippen molar-refractivity contribution in [3.63, 3.8) is 0 Å². The molecule has 0 aromatic rings. The summed E-state index contributed by atoms with van der Waals surface area (Å²) < 4.78 is 0. The summed E-state index contributed by atoms with van der Waals surface area (Å²) in [6.07, 6.45) is 1.30. The van der Waals surface area contributed by atoms with Crippen LogP contribution in [-0.4, -0.2) is 36.3 Å². The third-order valence-electron chi connectivity index (χ3n) is 2.25. The van der Waals surface area contributed by atoms with Crippen molar-refractivity contribution in [2.24, 2.45) is 17.4 Å². The standard InChI is InChI=1S/C8H15N3O2/c9-2-1-6-3-7(12)5-11(4-6)8(10)13/h6H,1-5,9H2,(H2,10,13). The van der Waals surface area contributed by atoms with E-state index in [4.69, 9.17) is 11.5 Å². The number of likely N-dealkylation sites (tertiary alicyclic amines) is 1. The summed E-state index contributed by atoms with van der Waals surface area (Å²) in [6, 6.07) is -0.518. The molecule has 0 aromatic heterocycles. The van der Waals surface area contributed by atoms with Crippen LogP contribution in [0.4, 0.5) is 4.79 Å². The van der Waals surface area contributed by atoms with Crippen LogP contribution >= 0.6 is 0 Å². The topological polar surface area (TPSA) is 89.4 Å². The van der Waals surface area contributed by atoms with Gasteiger partial charge in [0.05, 0.1) is 6.54 Å². The number of piperidine rings is 1. The van der Waals surface area contributed by atoms with E-state index in [1.807, 2.05) is 0 Å². The van der Waals surface area contributed by atoms with Gasteiger partial charge in [0.15, 0.2) is 5.78 Å². The van der Waals surface area contributed by atoms with Gasteiger partial charge in [-0.3, -0.25) is 4.79 Å². The van der Waals surface area contributed by atoms with Gasteiger partial charge in [0.2, 0.25) is 0 Å². The van der Waals surface area contributed by atoms with E-state index in [0.29, 0.717) is 19.5 Å². The molecule has 74 valence electrons. The lowest BCUT2D eigenvalue weighted by molar-refractivity contribution is -0.122. The number of primary amides is 1. The molecular formula is C8H15N3O2. The van der Waals surface area contributed by atoms with Crippen LogP contribution in [0.1, 0.15) is 12.8 Å². The normalized spacial score (nSPS) is 23.3. The fraction of sp³-hybridized carbons (Fsp3) is 0.750. The van der Waals surface area contributed by atoms with E-state index >= 15 is 0 Å². The minimum atomic E-state index is -0.518. The Morgan fingerprint density at radius 2 is 2.31 bits per heavy atom. The van der Waals surface area contributed by atoms with Gasteiger partial charge in [0, 0.05) is 13.0 Å². The Labute approximate surface area is 77.1 Å². The summed E-state index contributed by atoms with van der Waals surface area (Å²) in [5.74, 6) is 0.266. The summed E-state index contributed by atoms with van der Waals surface area (Å²) in [7, 11) is 0. The Morgan fingerprint density at radius 3 is 2.85 bits per heavy atom. The van der Waals surface area contributed by atoms with Gasteiger partial charge in [-0.2, -0.15) is 0 Å². The molecule has 1 heterocycles. The number of nitrogens with zero attached hydrogens (tertiary/aromatic N) is 1. The van der Waals surface area contributed by atoms with Crippen LogP contribution < -0.4 is 11.5 Å². The van der Waals surface area contributed by atoms with E-state index in [0.717, 1.165) is 6.42 Å². The van der Waals surface area contributed by atoms with Gasteiger partial charge in [-0.15, -0.1) is 0 Å². The first-order chi connectivity index (χ1) is 6.13. The number of hydrogen-bond donors (Lipinski definition) is 2. The monoisotopic (exact) mass is 185 g/mol. The van der Waals surface area contributed by atoms with Crippen LogP contribution in [0.2, 0.25) is 0 Å². The molecule has 1 aliphatic heterocycles. The van der Waals surface area contributed by atoms with Crippen LogP contribution in [0.3, 0.4) is 0 Å². The van der Waals surface area contributed by atoms with Crippen molar-refractivity contribution in [2.45, 2.75) is 12.8 Å². The van der Waals surface area contributed by atoms with Crippen molar-refractivity contribution in [3.05, 3.63) is 0 Å². The van der Waals surface area contributed by atoms with E-state index in [1.165, 1.54) is 4.90 Å². The fourth-order valence-electron chi connectivity index (χ4n) is 1.64. The molecule has 2 amide bonds. The van der Waals surface area contributed by atoms with Crippen molar-refractivity contribution >= 4 is 11.8 Å². The average Bonchev–Trinajstić information content (AvgIpc) is 2.03. The first kappa shape index (κ1) is 9.98. The molecule has 13 heavy (non-hydrogen) atoms. The predicted octanol–water partition coefficient (Wildman–Crippen LogP) is -0.695. The third kappa shape index (κ3) is 2.69. The van der Waals surface area contributed by atoms with Crippen molar-refractivity contribution in [2.75, 3.05) is 19.6 Å². The summed E-state index contributed by atoms with van der Waals surface area (Å²) in [5, 5.41) is 0. The Kier molecular flexibility index (Phi) is 3.25. The highest BCUT2D eigenvalue weighted by atomic mass is 16.2. The maximum atomic E-state index is 11.2. The highest BCUT2D eigenvalue weighted by Crippen LogP contribution is 2.16. The van der Waals surface area contributed by atoms with E-state index in [2.05, 4.69) is 0 Å². The zero-order valence-corrected chi connectivity index (χ0v) is 7.53. The SMILES string of the molecule is NCCC1CC(=O)CN(C(N)=O)C1. The van der Waals surface area contributed by atoms with Gasteiger partial charge < -0.3 is 16.4 Å². The number of amides is 2. The smallest absolute Gasteiger partial charge is 0.315 e. The number of nitrogens with two attached hydrogens (primary N) is 2. The van der Waals surface area contributed by atoms with Gasteiger partial charge in [0.1, 0.15) is 0 Å². The number of carbonyl (C=O) groups excluding carboxylic acids is 2. The minimum Gasteiger partial charge on any atom is -0.351 e. The van der Waals surface area contributed by atoms with E-state index < -0.39 is 6.03 Å². The maximum absolute atomic E-state index is 11.2. The Hall–Kier alpha value is -1.10. The number of hydrogen-bond acceptors (Lipinski definition) is 3. The molecule has 0 aromatic carbocycles. The summed E-state index contributed by atoms with van der Waals surface area (Å²) in [4.78, 5) is 23.4. The second-order valence-electron chi connectivity index (χ2n) is 3.40. The number of ketones is 1. The number of rotatable bonds is 2. The van der Waals surface area contributed by atoms with Crippen molar-refractivity contribution in [1.82, 2.24) is 4.90 Å². The zero-order valence-electron chi connectivity index (χ0n) is 7.53. The Bertz CT molecular complexity index is 217. The molecule has 1 fully saturated rings. The molecule has 1 saturated heterocycles. The second-order valence-corrected chi connectivity index (χ2v) is 3.40. The largest absolute Gasteiger partial charge is 0.351 e. The van der Waals surface area contributed by atoms with Gasteiger partial charge >= 0.3 is 6.03 Å². The van der Waals surface area contributed by atoms with Crippen LogP contribution in [-0.2, 0) is 4.79 Å². The van der Waals surface area contributed by atoms with Crippen LogP contribution in [0.15, 0.2) is 0 Å². The van der Waals surface area contributed by atoms with Crippen molar-refractivity contribution in [1.29, 1.82) is 0 Å². The summed E-state index contributed by atoms with van der Waals surface area (Å²) >= 11 is 0. The quantitative estimate of drug-likeness (QED) is 0.596. The van der Waals surface area contributed by atoms with Gasteiger partial charge in [-0.1, -0.05) is 0 Å². The van der Waals surface area contributed by atoms with Gasteiger partial charge in [0.25, 0.3) is 0 Å². The molecule has 5 heteroatoms. The molecule has 1 rings (SSSR count). The third-order valence-corrected chi connectivity index (χ3v) is 2.25. The lowest BCUT2D eigenvalue weighted by Crippen LogP contribution is -2.47. The first-order valence-corrected chi connectivity index (χ1v) is 4.39. The van der Waals surface area contributed by atoms with Gasteiger partial charge in [-0.25, -0.2) is 4.79 Å². The summed E-state index contributed by atoms with van der Waals surface area (Å²) in [5.41, 5.74) is 10.5. The van der Waals surface area contributed by atoms with Crippen molar-refractivity contribution < 1.29 is 9.59 Å². The first-order valence-electron chi connectivity index (χ1n) is 4.39. The van der Waals surface area contributed by atoms with E-state index in [-0.39, 0.29) is 18.2 Å². The molecule has 0 radical (unpaired) electrons. The van der Waals surface area contributed by atoms with Crippen LogP contribution in [0, 0.1) is 5.92 Å². The van der Waals surface area contributed by atoms with Gasteiger partial charge in [-0.05, 0) is 18.9 Å². The number of urea groups is 1. The zero-order chi connectivity index (χ0) is 9.84. The predicted molar refractivity (Wildman–Crippen MR) is 47.9 cm³/mol. The van der Waals surface area contributed by atoms with Crippen LogP contribution in [0.5, 0.6) is 0 Å². The Balaban J connectivity index is 2.52. The number of Topliss-reactive ketones (excluding diaryl/α,β-unsaturated/α-hetero) is 1. The molecule has 0 spiro atoms. The highest BCUT2D eigenvalue weighted by Gasteiger charge is 2.26. The molecule has 4 N–H and O–H groups in total. The molecule has 5 nitrogen and oxygen atoms in total. The molecule has 1 aliphatic rings. The van der Waals surface area contributed by atoms with E-state index in [1.54, 1.807) is 0 Å². The maximum Gasteiger partial charge on any atom is 0.315 e. The minimum absolute atomic E-state index is 0.0727. The molecule has 0 saturated carbocycles. The van der Waals surface area contributed by atoms with E-state index in [9.17, 15) is 9.59 Å². The van der Waals surface area contributed by atoms with Crippen LogP contribution in [0.25, 0.3) is 0 Å². The molecule has 1 atom stereocenters. The lowest BCUT2D eigenvalue weighted by Gasteiger charge is -2.30. The van der Waals surface area contributed by atoms with Crippen molar-refractivity contribution in [3.8, 4) is 0 Å². The fourth-order valence-corrected chi connectivity index (χ4v) is 1.64. The highest BCUT2D eigenvalue weighted by molar-refractivity contribution is 5.86. The molecule has 0 bridgehead atoms. The average molecular weight is 185 g/mol. The molecule has 1 unspecified atom stereocenters. The molecular weight excluding hydrogens is 170 g/mol. The second kappa shape index (κ2) is 4.23. The Morgan fingerprint density at radius 1 is 1.62 bits per heavy atom. The number of carbonyl (C=O) groups is 2. The molecule has 0 aliphatic carbocycles.